The van der Waals surface area contributed by atoms with E-state index in [1.54, 1.807) is 27.9 Å². The van der Waals surface area contributed by atoms with Crippen molar-refractivity contribution >= 4 is 29.0 Å². The molecule has 0 saturated heterocycles. The Morgan fingerprint density at radius 2 is 2.36 bits per heavy atom. The molecule has 2 rings (SSSR count). The number of amides is 1. The molecular weight excluding hydrogens is 320 g/mol. The van der Waals surface area contributed by atoms with E-state index in [1.165, 1.54) is 11.8 Å². The monoisotopic (exact) mass is 340 g/mol. The molecule has 0 bridgehead atoms. The largest absolute Gasteiger partial charge is 0.343 e. The second kappa shape index (κ2) is 8.19. The molecule has 0 spiro atoms. The molecule has 0 aliphatic carbocycles. The molecule has 0 radical (unpaired) electrons. The lowest BCUT2D eigenvalue weighted by atomic mass is 10.3. The lowest BCUT2D eigenvalue weighted by molar-refractivity contribution is -0.127. The zero-order chi connectivity index (χ0) is 15.9. The van der Waals surface area contributed by atoms with Gasteiger partial charge in [-0.25, -0.2) is 9.89 Å². The molecule has 2 aromatic heterocycles. The summed E-state index contributed by atoms with van der Waals surface area (Å²) in [6.07, 6.45) is 1.92. The molecule has 120 valence electrons. The molecule has 0 aliphatic heterocycles. The molecule has 0 fully saturated rings. The Labute approximate surface area is 137 Å². The smallest absolute Gasteiger partial charge is 0.340 e. The maximum atomic E-state index is 12.2. The number of hydrogen-bond acceptors (Lipinski definition) is 5. The average Bonchev–Trinajstić information content (AvgIpc) is 3.13. The van der Waals surface area contributed by atoms with Gasteiger partial charge in [0.25, 0.3) is 0 Å². The SMILES string of the molecule is CCCCn1c(SCC(=O)N(C)Cc2cccs2)n[nH]c1=O. The summed E-state index contributed by atoms with van der Waals surface area (Å²) < 4.78 is 1.60. The summed E-state index contributed by atoms with van der Waals surface area (Å²) in [6.45, 7) is 3.31. The molecule has 2 aromatic rings. The molecule has 0 unspecified atom stereocenters. The van der Waals surface area contributed by atoms with E-state index in [0.717, 1.165) is 17.7 Å². The Morgan fingerprint density at radius 1 is 1.55 bits per heavy atom. The minimum absolute atomic E-state index is 0.0240. The summed E-state index contributed by atoms with van der Waals surface area (Å²) in [7, 11) is 1.79. The van der Waals surface area contributed by atoms with Crippen molar-refractivity contribution in [1.82, 2.24) is 19.7 Å². The van der Waals surface area contributed by atoms with E-state index in [0.29, 0.717) is 18.2 Å². The lowest BCUT2D eigenvalue weighted by Crippen LogP contribution is -2.27. The molecule has 0 aromatic carbocycles. The summed E-state index contributed by atoms with van der Waals surface area (Å²) in [4.78, 5) is 26.7. The van der Waals surface area contributed by atoms with Crippen molar-refractivity contribution in [3.63, 3.8) is 0 Å². The van der Waals surface area contributed by atoms with Crippen LogP contribution in [0.5, 0.6) is 0 Å². The minimum atomic E-state index is -0.213. The van der Waals surface area contributed by atoms with Gasteiger partial charge in [-0.1, -0.05) is 31.2 Å². The predicted octanol–water partition coefficient (Wildman–Crippen LogP) is 2.18. The number of aromatic amines is 1. The Morgan fingerprint density at radius 3 is 3.05 bits per heavy atom. The molecule has 6 nitrogen and oxygen atoms in total. The van der Waals surface area contributed by atoms with Crippen LogP contribution in [0.4, 0.5) is 0 Å². The molecule has 2 heterocycles. The van der Waals surface area contributed by atoms with E-state index in [2.05, 4.69) is 17.1 Å². The van der Waals surface area contributed by atoms with E-state index in [-0.39, 0.29) is 17.3 Å². The highest BCUT2D eigenvalue weighted by molar-refractivity contribution is 7.99. The van der Waals surface area contributed by atoms with E-state index in [9.17, 15) is 9.59 Å². The van der Waals surface area contributed by atoms with Gasteiger partial charge in [-0.15, -0.1) is 16.4 Å². The average molecular weight is 340 g/mol. The molecule has 0 atom stereocenters. The molecule has 0 saturated carbocycles. The highest BCUT2D eigenvalue weighted by Crippen LogP contribution is 2.16. The van der Waals surface area contributed by atoms with Crippen molar-refractivity contribution in [3.8, 4) is 0 Å². The number of unbranched alkanes of at least 4 members (excludes halogenated alkanes) is 1. The first kappa shape index (κ1) is 16.8. The zero-order valence-corrected chi connectivity index (χ0v) is 14.4. The number of hydrogen-bond donors (Lipinski definition) is 1. The Hall–Kier alpha value is -1.54. The van der Waals surface area contributed by atoms with Crippen LogP contribution >= 0.6 is 23.1 Å². The van der Waals surface area contributed by atoms with Crippen LogP contribution in [0.2, 0.25) is 0 Å². The second-order valence-electron chi connectivity index (χ2n) is 4.93. The molecule has 22 heavy (non-hydrogen) atoms. The van der Waals surface area contributed by atoms with Crippen LogP contribution < -0.4 is 5.69 Å². The van der Waals surface area contributed by atoms with E-state index < -0.39 is 0 Å². The van der Waals surface area contributed by atoms with Crippen LogP contribution in [0.25, 0.3) is 0 Å². The molecule has 1 N–H and O–H groups in total. The number of aromatic nitrogens is 3. The minimum Gasteiger partial charge on any atom is -0.340 e. The van der Waals surface area contributed by atoms with Gasteiger partial charge in [0, 0.05) is 18.5 Å². The first-order valence-corrected chi connectivity index (χ1v) is 9.02. The quantitative estimate of drug-likeness (QED) is 0.748. The van der Waals surface area contributed by atoms with Gasteiger partial charge < -0.3 is 4.90 Å². The van der Waals surface area contributed by atoms with Gasteiger partial charge in [-0.2, -0.15) is 0 Å². The Kier molecular flexibility index (Phi) is 6.26. The van der Waals surface area contributed by atoms with Gasteiger partial charge in [-0.3, -0.25) is 9.36 Å². The van der Waals surface area contributed by atoms with Crippen LogP contribution in [0.15, 0.2) is 27.5 Å². The fourth-order valence-electron chi connectivity index (χ4n) is 1.89. The Bertz CT molecular complexity index is 648. The fraction of sp³-hybridized carbons (Fsp3) is 0.500. The van der Waals surface area contributed by atoms with Gasteiger partial charge in [0.2, 0.25) is 5.91 Å². The fourth-order valence-corrected chi connectivity index (χ4v) is 3.56. The molecule has 1 amide bonds. The summed E-state index contributed by atoms with van der Waals surface area (Å²) in [6, 6.07) is 3.99. The number of carbonyl (C=O) groups excluding carboxylic acids is 1. The first-order chi connectivity index (χ1) is 10.6. The normalized spacial score (nSPS) is 10.8. The summed E-state index contributed by atoms with van der Waals surface area (Å²) in [5.74, 6) is 0.300. The van der Waals surface area contributed by atoms with E-state index in [1.807, 2.05) is 17.5 Å². The van der Waals surface area contributed by atoms with Crippen LogP contribution in [-0.2, 0) is 17.9 Å². The highest BCUT2D eigenvalue weighted by atomic mass is 32.2. The van der Waals surface area contributed by atoms with Crippen LogP contribution in [0.3, 0.4) is 0 Å². The number of nitrogens with zero attached hydrogens (tertiary/aromatic N) is 3. The third-order valence-electron chi connectivity index (χ3n) is 3.18. The molecule has 8 heteroatoms. The number of thioether (sulfide) groups is 1. The van der Waals surface area contributed by atoms with Crippen molar-refractivity contribution in [2.24, 2.45) is 0 Å². The predicted molar refractivity (Wildman–Crippen MR) is 89.3 cm³/mol. The summed E-state index contributed by atoms with van der Waals surface area (Å²) in [5.41, 5.74) is -0.213. The van der Waals surface area contributed by atoms with Gasteiger partial charge in [-0.05, 0) is 17.9 Å². The summed E-state index contributed by atoms with van der Waals surface area (Å²) in [5, 5.41) is 9.02. The maximum absolute atomic E-state index is 12.2. The first-order valence-electron chi connectivity index (χ1n) is 7.16. The van der Waals surface area contributed by atoms with Gasteiger partial charge >= 0.3 is 5.69 Å². The third-order valence-corrected chi connectivity index (χ3v) is 5.00. The number of carbonyl (C=O) groups is 1. The topological polar surface area (TPSA) is 71.0 Å². The van der Waals surface area contributed by atoms with Crippen molar-refractivity contribution in [2.75, 3.05) is 12.8 Å². The Balaban J connectivity index is 1.89. The van der Waals surface area contributed by atoms with E-state index >= 15 is 0 Å². The van der Waals surface area contributed by atoms with Crippen molar-refractivity contribution in [2.45, 2.75) is 38.0 Å². The maximum Gasteiger partial charge on any atom is 0.343 e. The highest BCUT2D eigenvalue weighted by Gasteiger charge is 2.14. The molecular formula is C14H20N4O2S2. The van der Waals surface area contributed by atoms with Gasteiger partial charge in [0.05, 0.1) is 12.3 Å². The van der Waals surface area contributed by atoms with Crippen molar-refractivity contribution in [1.29, 1.82) is 0 Å². The third kappa shape index (κ3) is 4.48. The standard InChI is InChI=1S/C14H20N4O2S2/c1-3-4-7-18-13(20)15-16-14(18)22-10-12(19)17(2)9-11-6-5-8-21-11/h5-6,8H,3-4,7,9-10H2,1-2H3,(H,15,20). The number of H-pyrrole nitrogens is 1. The number of rotatable bonds is 8. The summed E-state index contributed by atoms with van der Waals surface area (Å²) >= 11 is 2.93. The van der Waals surface area contributed by atoms with Crippen LogP contribution in [0, 0.1) is 0 Å². The number of nitrogens with one attached hydrogen (secondary N) is 1. The van der Waals surface area contributed by atoms with Crippen molar-refractivity contribution < 1.29 is 4.79 Å². The second-order valence-corrected chi connectivity index (χ2v) is 6.91. The van der Waals surface area contributed by atoms with E-state index in [4.69, 9.17) is 0 Å². The van der Waals surface area contributed by atoms with Gasteiger partial charge in [0.1, 0.15) is 0 Å². The molecule has 0 aliphatic rings. The van der Waals surface area contributed by atoms with Crippen LogP contribution in [-0.4, -0.2) is 38.4 Å². The van der Waals surface area contributed by atoms with Crippen molar-refractivity contribution in [3.05, 3.63) is 32.9 Å². The number of thiophene rings is 1. The van der Waals surface area contributed by atoms with Gasteiger partial charge in [0.15, 0.2) is 5.16 Å². The van der Waals surface area contributed by atoms with Crippen LogP contribution in [0.1, 0.15) is 24.6 Å². The zero-order valence-electron chi connectivity index (χ0n) is 12.7. The lowest BCUT2D eigenvalue weighted by Gasteiger charge is -2.15.